The standard InChI is InChI=1S/C14H18BrNO3/c1-4-18-13-7-10(11(8-16)9(3)17)6-12(15)14(13)19-5-2/h6-7,9,11,17H,4-5H2,1-3H3. The minimum absolute atomic E-state index is 0.502. The Labute approximate surface area is 122 Å². The highest BCUT2D eigenvalue weighted by Gasteiger charge is 2.21. The van der Waals surface area contributed by atoms with Crippen molar-refractivity contribution in [2.75, 3.05) is 13.2 Å². The minimum atomic E-state index is -0.746. The highest BCUT2D eigenvalue weighted by molar-refractivity contribution is 9.10. The van der Waals surface area contributed by atoms with Crippen molar-refractivity contribution in [2.24, 2.45) is 0 Å². The Morgan fingerprint density at radius 1 is 1.32 bits per heavy atom. The van der Waals surface area contributed by atoms with Crippen LogP contribution in [-0.2, 0) is 0 Å². The second-order valence-electron chi connectivity index (χ2n) is 4.04. The predicted molar refractivity (Wildman–Crippen MR) is 76.5 cm³/mol. The second kappa shape index (κ2) is 7.37. The minimum Gasteiger partial charge on any atom is -0.490 e. The molecule has 0 heterocycles. The van der Waals surface area contributed by atoms with Crippen LogP contribution in [0.5, 0.6) is 11.5 Å². The van der Waals surface area contributed by atoms with Crippen LogP contribution in [0.1, 0.15) is 32.3 Å². The zero-order valence-corrected chi connectivity index (χ0v) is 12.9. The summed E-state index contributed by atoms with van der Waals surface area (Å²) >= 11 is 3.42. The molecule has 0 radical (unpaired) electrons. The van der Waals surface area contributed by atoms with Gasteiger partial charge in [-0.1, -0.05) is 0 Å². The Morgan fingerprint density at radius 3 is 2.42 bits per heavy atom. The van der Waals surface area contributed by atoms with E-state index in [4.69, 9.17) is 14.7 Å². The first-order valence-electron chi connectivity index (χ1n) is 6.21. The molecule has 19 heavy (non-hydrogen) atoms. The van der Waals surface area contributed by atoms with Crippen LogP contribution in [0.3, 0.4) is 0 Å². The number of halogens is 1. The predicted octanol–water partition coefficient (Wildman–Crippen LogP) is 3.23. The lowest BCUT2D eigenvalue weighted by atomic mass is 9.95. The van der Waals surface area contributed by atoms with Crippen molar-refractivity contribution < 1.29 is 14.6 Å². The molecular weight excluding hydrogens is 310 g/mol. The molecule has 1 rings (SSSR count). The van der Waals surface area contributed by atoms with E-state index < -0.39 is 12.0 Å². The van der Waals surface area contributed by atoms with Crippen molar-refractivity contribution >= 4 is 15.9 Å². The summed E-state index contributed by atoms with van der Waals surface area (Å²) in [6, 6.07) is 5.63. The molecule has 0 amide bonds. The lowest BCUT2D eigenvalue weighted by Crippen LogP contribution is -2.13. The normalized spacial score (nSPS) is 13.5. The molecule has 0 aliphatic rings. The lowest BCUT2D eigenvalue weighted by molar-refractivity contribution is 0.181. The number of ether oxygens (including phenoxy) is 2. The fraction of sp³-hybridized carbons (Fsp3) is 0.500. The van der Waals surface area contributed by atoms with Crippen LogP contribution in [0.4, 0.5) is 0 Å². The number of nitrogens with zero attached hydrogens (tertiary/aromatic N) is 1. The quantitative estimate of drug-likeness (QED) is 0.871. The highest BCUT2D eigenvalue weighted by atomic mass is 79.9. The smallest absolute Gasteiger partial charge is 0.175 e. The first-order chi connectivity index (χ1) is 9.04. The van der Waals surface area contributed by atoms with E-state index in [0.717, 1.165) is 4.47 Å². The van der Waals surface area contributed by atoms with Crippen LogP contribution in [0.25, 0.3) is 0 Å². The van der Waals surface area contributed by atoms with Gasteiger partial charge in [-0.2, -0.15) is 5.26 Å². The van der Waals surface area contributed by atoms with Gasteiger partial charge in [-0.25, -0.2) is 0 Å². The molecule has 5 heteroatoms. The van der Waals surface area contributed by atoms with Gasteiger partial charge in [0.2, 0.25) is 0 Å². The molecule has 0 fully saturated rings. The third-order valence-electron chi connectivity index (χ3n) is 2.60. The van der Waals surface area contributed by atoms with E-state index in [1.807, 2.05) is 13.8 Å². The number of rotatable bonds is 6. The summed E-state index contributed by atoms with van der Waals surface area (Å²) in [7, 11) is 0. The fourth-order valence-electron chi connectivity index (χ4n) is 1.78. The average Bonchev–Trinajstić information content (AvgIpc) is 2.34. The van der Waals surface area contributed by atoms with Gasteiger partial charge < -0.3 is 14.6 Å². The Hall–Kier alpha value is -1.25. The molecule has 0 spiro atoms. The van der Waals surface area contributed by atoms with Crippen molar-refractivity contribution in [2.45, 2.75) is 32.8 Å². The molecule has 2 unspecified atom stereocenters. The van der Waals surface area contributed by atoms with Gasteiger partial charge in [-0.3, -0.25) is 0 Å². The van der Waals surface area contributed by atoms with Crippen LogP contribution in [0.15, 0.2) is 16.6 Å². The molecule has 0 aliphatic heterocycles. The van der Waals surface area contributed by atoms with E-state index in [0.29, 0.717) is 30.3 Å². The Morgan fingerprint density at radius 2 is 1.95 bits per heavy atom. The van der Waals surface area contributed by atoms with Crippen molar-refractivity contribution in [3.63, 3.8) is 0 Å². The van der Waals surface area contributed by atoms with Crippen molar-refractivity contribution in [3.05, 3.63) is 22.2 Å². The molecule has 0 aromatic heterocycles. The maximum atomic E-state index is 9.64. The van der Waals surface area contributed by atoms with Crippen molar-refractivity contribution in [1.82, 2.24) is 0 Å². The van der Waals surface area contributed by atoms with Gasteiger partial charge in [-0.15, -0.1) is 0 Å². The number of nitriles is 1. The third-order valence-corrected chi connectivity index (χ3v) is 3.19. The van der Waals surface area contributed by atoms with Crippen LogP contribution < -0.4 is 9.47 Å². The van der Waals surface area contributed by atoms with E-state index in [9.17, 15) is 5.11 Å². The molecule has 104 valence electrons. The summed E-state index contributed by atoms with van der Waals surface area (Å²) in [5.74, 6) is 0.608. The first kappa shape index (κ1) is 15.8. The van der Waals surface area contributed by atoms with E-state index in [1.165, 1.54) is 0 Å². The molecule has 2 atom stereocenters. The van der Waals surface area contributed by atoms with Crippen LogP contribution in [-0.4, -0.2) is 24.4 Å². The fourth-order valence-corrected chi connectivity index (χ4v) is 2.35. The topological polar surface area (TPSA) is 62.5 Å². The van der Waals surface area contributed by atoms with E-state index in [1.54, 1.807) is 19.1 Å². The number of hydrogen-bond acceptors (Lipinski definition) is 4. The second-order valence-corrected chi connectivity index (χ2v) is 4.90. The van der Waals surface area contributed by atoms with Crippen molar-refractivity contribution in [1.29, 1.82) is 5.26 Å². The molecular formula is C14H18BrNO3. The van der Waals surface area contributed by atoms with E-state index in [-0.39, 0.29) is 0 Å². The Bertz CT molecular complexity index is 468. The van der Waals surface area contributed by atoms with Gasteiger partial charge in [0.15, 0.2) is 11.5 Å². The average molecular weight is 328 g/mol. The largest absolute Gasteiger partial charge is 0.490 e. The highest BCUT2D eigenvalue weighted by Crippen LogP contribution is 2.39. The first-order valence-corrected chi connectivity index (χ1v) is 7.01. The summed E-state index contributed by atoms with van der Waals surface area (Å²) in [4.78, 5) is 0. The summed E-state index contributed by atoms with van der Waals surface area (Å²) in [6.07, 6.45) is -0.746. The van der Waals surface area contributed by atoms with Crippen LogP contribution in [0.2, 0.25) is 0 Å². The number of aliphatic hydroxyl groups excluding tert-OH is 1. The molecule has 1 aromatic carbocycles. The summed E-state index contributed by atoms with van der Waals surface area (Å²) in [6.45, 7) is 6.40. The SMILES string of the molecule is CCOc1cc(C(C#N)C(C)O)cc(Br)c1OCC. The number of benzene rings is 1. The van der Waals surface area contributed by atoms with Crippen molar-refractivity contribution in [3.8, 4) is 17.6 Å². The third kappa shape index (κ3) is 3.85. The van der Waals surface area contributed by atoms with Gasteiger partial charge in [0.25, 0.3) is 0 Å². The molecule has 0 saturated carbocycles. The maximum absolute atomic E-state index is 9.64. The zero-order chi connectivity index (χ0) is 14.4. The monoisotopic (exact) mass is 327 g/mol. The number of aliphatic hydroxyl groups is 1. The summed E-state index contributed by atoms with van der Waals surface area (Å²) in [5, 5.41) is 18.8. The van der Waals surface area contributed by atoms with Gasteiger partial charge in [0, 0.05) is 0 Å². The maximum Gasteiger partial charge on any atom is 0.175 e. The Kier molecular flexibility index (Phi) is 6.13. The van der Waals surface area contributed by atoms with Gasteiger partial charge in [0.05, 0.1) is 35.8 Å². The molecule has 1 aromatic rings. The van der Waals surface area contributed by atoms with E-state index >= 15 is 0 Å². The summed E-state index contributed by atoms with van der Waals surface area (Å²) in [5.41, 5.74) is 0.705. The molecule has 0 saturated heterocycles. The lowest BCUT2D eigenvalue weighted by Gasteiger charge is -2.18. The zero-order valence-electron chi connectivity index (χ0n) is 11.3. The molecule has 0 aliphatic carbocycles. The molecule has 1 N–H and O–H groups in total. The number of hydrogen-bond donors (Lipinski definition) is 1. The van der Waals surface area contributed by atoms with Crippen LogP contribution >= 0.6 is 15.9 Å². The molecule has 0 bridgehead atoms. The van der Waals surface area contributed by atoms with Gasteiger partial charge in [0.1, 0.15) is 0 Å². The van der Waals surface area contributed by atoms with Gasteiger partial charge in [-0.05, 0) is 54.4 Å². The van der Waals surface area contributed by atoms with Crippen LogP contribution in [0, 0.1) is 11.3 Å². The Balaban J connectivity index is 3.27. The molecule has 4 nitrogen and oxygen atoms in total. The summed E-state index contributed by atoms with van der Waals surface area (Å²) < 4.78 is 11.8. The van der Waals surface area contributed by atoms with E-state index in [2.05, 4.69) is 22.0 Å². The van der Waals surface area contributed by atoms with Gasteiger partial charge >= 0.3 is 0 Å².